The predicted octanol–water partition coefficient (Wildman–Crippen LogP) is 3.13. The largest absolute Gasteiger partial charge is 0.337 e. The van der Waals surface area contributed by atoms with E-state index in [2.05, 4.69) is 25.8 Å². The van der Waals surface area contributed by atoms with Gasteiger partial charge in [-0.05, 0) is 35.8 Å². The SMILES string of the molecule is Cc1noc(NS(=O)(=O)c2c(F)cc(F)cc2Br)c1C. The van der Waals surface area contributed by atoms with E-state index < -0.39 is 26.6 Å². The van der Waals surface area contributed by atoms with E-state index in [4.69, 9.17) is 4.52 Å². The molecule has 0 aliphatic heterocycles. The molecule has 1 aromatic carbocycles. The number of aryl methyl sites for hydroxylation is 1. The van der Waals surface area contributed by atoms with E-state index in [1.165, 1.54) is 0 Å². The van der Waals surface area contributed by atoms with E-state index in [9.17, 15) is 17.2 Å². The Kier molecular flexibility index (Phi) is 3.83. The van der Waals surface area contributed by atoms with Crippen molar-refractivity contribution in [2.45, 2.75) is 18.7 Å². The maximum Gasteiger partial charge on any atom is 0.268 e. The van der Waals surface area contributed by atoms with Crippen LogP contribution in [0.3, 0.4) is 0 Å². The summed E-state index contributed by atoms with van der Waals surface area (Å²) in [6, 6.07) is 1.34. The molecule has 0 fully saturated rings. The van der Waals surface area contributed by atoms with E-state index in [0.29, 0.717) is 17.3 Å². The molecule has 0 atom stereocenters. The quantitative estimate of drug-likeness (QED) is 0.905. The highest BCUT2D eigenvalue weighted by atomic mass is 79.9. The Labute approximate surface area is 122 Å². The van der Waals surface area contributed by atoms with Crippen LogP contribution in [0, 0.1) is 25.5 Å². The van der Waals surface area contributed by atoms with Gasteiger partial charge in [-0.1, -0.05) is 5.16 Å². The molecule has 0 bridgehead atoms. The molecule has 0 spiro atoms. The van der Waals surface area contributed by atoms with E-state index in [1.807, 2.05) is 0 Å². The fourth-order valence-electron chi connectivity index (χ4n) is 1.47. The van der Waals surface area contributed by atoms with Gasteiger partial charge in [-0.25, -0.2) is 21.9 Å². The normalized spacial score (nSPS) is 11.7. The summed E-state index contributed by atoms with van der Waals surface area (Å²) >= 11 is 2.83. The second kappa shape index (κ2) is 5.13. The topological polar surface area (TPSA) is 72.2 Å². The number of hydrogen-bond donors (Lipinski definition) is 1. The van der Waals surface area contributed by atoms with Crippen LogP contribution in [0.15, 0.2) is 26.0 Å². The van der Waals surface area contributed by atoms with Gasteiger partial charge < -0.3 is 4.52 Å². The Morgan fingerprint density at radius 2 is 1.95 bits per heavy atom. The first-order valence-corrected chi connectivity index (χ1v) is 7.60. The molecule has 0 unspecified atom stereocenters. The highest BCUT2D eigenvalue weighted by molar-refractivity contribution is 9.10. The van der Waals surface area contributed by atoms with Crippen molar-refractivity contribution >= 4 is 31.8 Å². The van der Waals surface area contributed by atoms with Crippen molar-refractivity contribution in [1.82, 2.24) is 5.16 Å². The maximum absolute atomic E-state index is 13.7. The van der Waals surface area contributed by atoms with Crippen LogP contribution in [-0.2, 0) is 10.0 Å². The first-order chi connectivity index (χ1) is 9.22. The number of hydrogen-bond acceptors (Lipinski definition) is 4. The highest BCUT2D eigenvalue weighted by Crippen LogP contribution is 2.29. The first kappa shape index (κ1) is 14.9. The molecule has 20 heavy (non-hydrogen) atoms. The Hall–Kier alpha value is -1.48. The minimum absolute atomic E-state index is 0.113. The lowest BCUT2D eigenvalue weighted by Gasteiger charge is -2.08. The molecule has 0 aliphatic carbocycles. The molecule has 5 nitrogen and oxygen atoms in total. The fraction of sp³-hybridized carbons (Fsp3) is 0.182. The van der Waals surface area contributed by atoms with Crippen molar-refractivity contribution in [1.29, 1.82) is 0 Å². The van der Waals surface area contributed by atoms with Crippen LogP contribution < -0.4 is 4.72 Å². The van der Waals surface area contributed by atoms with Crippen LogP contribution in [0.4, 0.5) is 14.7 Å². The van der Waals surface area contributed by atoms with Gasteiger partial charge in [-0.2, -0.15) is 0 Å². The summed E-state index contributed by atoms with van der Waals surface area (Å²) in [4.78, 5) is -0.702. The van der Waals surface area contributed by atoms with Gasteiger partial charge in [-0.3, -0.25) is 0 Å². The molecule has 1 N–H and O–H groups in total. The standard InChI is InChI=1S/C11H9BrF2N2O3S/c1-5-6(2)15-19-11(5)16-20(17,18)10-8(12)3-7(13)4-9(10)14/h3-4,16H,1-2H3. The Bertz CT molecular complexity index is 751. The van der Waals surface area contributed by atoms with Gasteiger partial charge in [0, 0.05) is 16.1 Å². The van der Waals surface area contributed by atoms with Gasteiger partial charge in [0.1, 0.15) is 16.5 Å². The third-order valence-corrected chi connectivity index (χ3v) is 4.91. The summed E-state index contributed by atoms with van der Waals surface area (Å²) in [7, 11) is -4.27. The van der Waals surface area contributed by atoms with E-state index in [0.717, 1.165) is 6.07 Å². The summed E-state index contributed by atoms with van der Waals surface area (Å²) in [5.74, 6) is -2.21. The van der Waals surface area contributed by atoms with E-state index >= 15 is 0 Å². The lowest BCUT2D eigenvalue weighted by atomic mass is 10.3. The zero-order chi connectivity index (χ0) is 15.1. The Morgan fingerprint density at radius 1 is 1.30 bits per heavy atom. The summed E-state index contributed by atoms with van der Waals surface area (Å²) in [5, 5.41) is 3.59. The lowest BCUT2D eigenvalue weighted by Crippen LogP contribution is -2.15. The van der Waals surface area contributed by atoms with E-state index in [1.54, 1.807) is 13.8 Å². The third-order valence-electron chi connectivity index (χ3n) is 2.62. The summed E-state index contributed by atoms with van der Waals surface area (Å²) < 4.78 is 57.6. The smallest absolute Gasteiger partial charge is 0.268 e. The molecular weight excluding hydrogens is 358 g/mol. The molecule has 2 rings (SSSR count). The predicted molar refractivity (Wildman–Crippen MR) is 70.8 cm³/mol. The number of benzene rings is 1. The maximum atomic E-state index is 13.7. The minimum Gasteiger partial charge on any atom is -0.337 e. The van der Waals surface area contributed by atoms with Gasteiger partial charge in [0.25, 0.3) is 10.0 Å². The zero-order valence-corrected chi connectivity index (χ0v) is 12.8. The van der Waals surface area contributed by atoms with Gasteiger partial charge >= 0.3 is 0 Å². The number of nitrogens with zero attached hydrogens (tertiary/aromatic N) is 1. The van der Waals surface area contributed by atoms with Crippen molar-refractivity contribution in [3.8, 4) is 0 Å². The number of aromatic nitrogens is 1. The number of sulfonamides is 1. The number of nitrogens with one attached hydrogen (secondary N) is 1. The molecule has 2 aromatic rings. The van der Waals surface area contributed by atoms with Crippen LogP contribution in [0.25, 0.3) is 0 Å². The number of halogens is 3. The number of anilines is 1. The molecule has 0 saturated heterocycles. The summed E-state index contributed by atoms with van der Waals surface area (Å²) in [5.41, 5.74) is 0.980. The van der Waals surface area contributed by atoms with Crippen LogP contribution in [0.5, 0.6) is 0 Å². The zero-order valence-electron chi connectivity index (χ0n) is 10.4. The van der Waals surface area contributed by atoms with Crippen molar-refractivity contribution in [2.75, 3.05) is 4.72 Å². The van der Waals surface area contributed by atoms with Gasteiger partial charge in [0.05, 0.1) is 5.69 Å². The van der Waals surface area contributed by atoms with Crippen LogP contribution in [-0.4, -0.2) is 13.6 Å². The van der Waals surface area contributed by atoms with Crippen molar-refractivity contribution < 1.29 is 21.7 Å². The fourth-order valence-corrected chi connectivity index (χ4v) is 3.68. The highest BCUT2D eigenvalue weighted by Gasteiger charge is 2.26. The minimum atomic E-state index is -4.27. The lowest BCUT2D eigenvalue weighted by molar-refractivity contribution is 0.430. The molecule has 0 aliphatic rings. The molecule has 9 heteroatoms. The monoisotopic (exact) mass is 366 g/mol. The van der Waals surface area contributed by atoms with Crippen molar-refractivity contribution in [3.63, 3.8) is 0 Å². The van der Waals surface area contributed by atoms with Gasteiger partial charge in [0.2, 0.25) is 5.88 Å². The Balaban J connectivity index is 2.49. The first-order valence-electron chi connectivity index (χ1n) is 5.32. The van der Waals surface area contributed by atoms with Gasteiger partial charge in [0.15, 0.2) is 0 Å². The third kappa shape index (κ3) is 2.68. The number of rotatable bonds is 3. The molecule has 0 amide bonds. The molecule has 1 aromatic heterocycles. The molecule has 0 saturated carbocycles. The average molecular weight is 367 g/mol. The molecule has 1 heterocycles. The van der Waals surface area contributed by atoms with Crippen molar-refractivity contribution in [2.24, 2.45) is 0 Å². The van der Waals surface area contributed by atoms with E-state index in [-0.39, 0.29) is 10.4 Å². The molecular formula is C11H9BrF2N2O3S. The summed E-state index contributed by atoms with van der Waals surface area (Å²) in [6.07, 6.45) is 0. The second-order valence-corrected chi connectivity index (χ2v) is 6.50. The molecule has 0 radical (unpaired) electrons. The van der Waals surface area contributed by atoms with Crippen LogP contribution in [0.1, 0.15) is 11.3 Å². The Morgan fingerprint density at radius 3 is 2.45 bits per heavy atom. The van der Waals surface area contributed by atoms with Crippen molar-refractivity contribution in [3.05, 3.63) is 39.5 Å². The van der Waals surface area contributed by atoms with Crippen LogP contribution in [0.2, 0.25) is 0 Å². The second-order valence-electron chi connectivity index (χ2n) is 4.03. The summed E-state index contributed by atoms with van der Waals surface area (Å²) in [6.45, 7) is 3.23. The van der Waals surface area contributed by atoms with Gasteiger partial charge in [-0.15, -0.1) is 0 Å². The van der Waals surface area contributed by atoms with Crippen LogP contribution >= 0.6 is 15.9 Å². The molecule has 108 valence electrons. The average Bonchev–Trinajstić information content (AvgIpc) is 2.58.